The van der Waals surface area contributed by atoms with Crippen LogP contribution in [-0.4, -0.2) is 12.1 Å². The fraction of sp³-hybridized carbons (Fsp3) is 0.519. The topological polar surface area (TPSA) is 73.9 Å². The molecule has 0 atom stereocenters. The number of nitriles is 2. The lowest BCUT2D eigenvalue weighted by Crippen LogP contribution is -2.29. The first-order chi connectivity index (χ1) is 15.2. The smallest absolute Gasteiger partial charge is 0.309 e. The van der Waals surface area contributed by atoms with Crippen molar-refractivity contribution < 1.29 is 9.53 Å². The van der Waals surface area contributed by atoms with Gasteiger partial charge in [0, 0.05) is 6.08 Å². The van der Waals surface area contributed by atoms with Crippen molar-refractivity contribution in [2.75, 3.05) is 0 Å². The number of ether oxygens (including phenoxy) is 1. The van der Waals surface area contributed by atoms with Gasteiger partial charge in [-0.2, -0.15) is 10.5 Å². The van der Waals surface area contributed by atoms with E-state index in [0.29, 0.717) is 17.4 Å². The lowest BCUT2D eigenvalue weighted by molar-refractivity contribution is -0.157. The second kappa shape index (κ2) is 12.1. The molecule has 0 radical (unpaired) electrons. The third-order valence-corrected chi connectivity index (χ3v) is 6.81. The zero-order valence-corrected chi connectivity index (χ0v) is 18.2. The van der Waals surface area contributed by atoms with E-state index in [0.717, 1.165) is 64.2 Å². The van der Waals surface area contributed by atoms with Crippen LogP contribution < -0.4 is 0 Å². The molecule has 4 heteroatoms. The number of allylic oxidation sites excluding steroid dienone is 4. The number of hydrogen-bond donors (Lipinski definition) is 0. The Bertz CT molecular complexity index is 841. The predicted molar refractivity (Wildman–Crippen MR) is 121 cm³/mol. The number of rotatable bonds is 7. The molecule has 1 aromatic rings. The first-order valence-corrected chi connectivity index (χ1v) is 11.6. The van der Waals surface area contributed by atoms with Crippen LogP contribution in [0.5, 0.6) is 0 Å². The number of nitrogens with zero attached hydrogens (tertiary/aromatic N) is 2. The molecule has 162 valence electrons. The second-order valence-corrected chi connectivity index (χ2v) is 8.86. The molecule has 2 aliphatic rings. The van der Waals surface area contributed by atoms with Gasteiger partial charge in [0.15, 0.2) is 0 Å². The van der Waals surface area contributed by atoms with Crippen LogP contribution >= 0.6 is 0 Å². The van der Waals surface area contributed by atoms with E-state index in [9.17, 15) is 4.79 Å². The highest BCUT2D eigenvalue weighted by atomic mass is 16.5. The molecular formula is C27H32N2O2. The van der Waals surface area contributed by atoms with Gasteiger partial charge in [-0.15, -0.1) is 0 Å². The van der Waals surface area contributed by atoms with Crippen molar-refractivity contribution >= 4 is 5.97 Å². The van der Waals surface area contributed by atoms with Crippen LogP contribution in [0.3, 0.4) is 0 Å². The van der Waals surface area contributed by atoms with Gasteiger partial charge in [0.05, 0.1) is 23.6 Å². The van der Waals surface area contributed by atoms with E-state index in [1.165, 1.54) is 11.6 Å². The van der Waals surface area contributed by atoms with Gasteiger partial charge in [-0.05, 0) is 93.7 Å². The minimum atomic E-state index is 0.00828. The molecule has 0 spiro atoms. The summed E-state index contributed by atoms with van der Waals surface area (Å²) in [6.07, 6.45) is 17.6. The van der Waals surface area contributed by atoms with Gasteiger partial charge in [-0.1, -0.05) is 30.4 Å². The quantitative estimate of drug-likeness (QED) is 0.295. The molecule has 0 heterocycles. The molecular weight excluding hydrogens is 384 g/mol. The molecule has 0 bridgehead atoms. The summed E-state index contributed by atoms with van der Waals surface area (Å²) in [6, 6.07) is 12.0. The molecule has 0 amide bonds. The van der Waals surface area contributed by atoms with E-state index in [1.54, 1.807) is 6.08 Å². The highest BCUT2D eigenvalue weighted by molar-refractivity contribution is 5.72. The van der Waals surface area contributed by atoms with E-state index in [2.05, 4.69) is 24.3 Å². The van der Waals surface area contributed by atoms with E-state index >= 15 is 0 Å². The molecule has 1 aromatic carbocycles. The van der Waals surface area contributed by atoms with Crippen molar-refractivity contribution in [1.29, 1.82) is 10.5 Å². The van der Waals surface area contributed by atoms with Crippen molar-refractivity contribution in [3.8, 4) is 12.1 Å². The van der Waals surface area contributed by atoms with E-state index in [-0.39, 0.29) is 18.0 Å². The third kappa shape index (κ3) is 7.11. The average molecular weight is 417 g/mol. The standard InChI is InChI=1S/C27H32N2O2/c28-19-5-3-1-2-4-6-21-9-17-26(18-10-21)31-27(30)25-15-13-24(14-16-25)23-11-7-22(20-29)8-12-23/h1-3,5,7-8,11-12,21,24-26H,4,6,9-10,13-18H2/t21-,24-,25-,26-. The zero-order valence-electron chi connectivity index (χ0n) is 18.2. The Hall–Kier alpha value is -2.85. The number of hydrogen-bond acceptors (Lipinski definition) is 4. The molecule has 3 rings (SSSR count). The van der Waals surface area contributed by atoms with Gasteiger partial charge in [-0.25, -0.2) is 0 Å². The summed E-state index contributed by atoms with van der Waals surface area (Å²) in [5.41, 5.74) is 1.97. The van der Waals surface area contributed by atoms with Crippen molar-refractivity contribution in [2.24, 2.45) is 11.8 Å². The molecule has 2 aliphatic carbocycles. The predicted octanol–water partition coefficient (Wildman–Crippen LogP) is 6.35. The van der Waals surface area contributed by atoms with E-state index in [4.69, 9.17) is 15.3 Å². The summed E-state index contributed by atoms with van der Waals surface area (Å²) in [7, 11) is 0. The van der Waals surface area contributed by atoms with Gasteiger partial charge in [0.2, 0.25) is 0 Å². The maximum Gasteiger partial charge on any atom is 0.309 e. The van der Waals surface area contributed by atoms with Crippen molar-refractivity contribution in [3.05, 3.63) is 59.7 Å². The number of esters is 1. The van der Waals surface area contributed by atoms with Gasteiger partial charge in [0.1, 0.15) is 6.10 Å². The lowest BCUT2D eigenvalue weighted by atomic mass is 9.78. The van der Waals surface area contributed by atoms with Gasteiger partial charge < -0.3 is 4.74 Å². The van der Waals surface area contributed by atoms with Crippen LogP contribution in [0.4, 0.5) is 0 Å². The molecule has 2 saturated carbocycles. The van der Waals surface area contributed by atoms with Crippen LogP contribution in [0.1, 0.15) is 81.3 Å². The normalized spacial score (nSPS) is 26.4. The van der Waals surface area contributed by atoms with Gasteiger partial charge in [-0.3, -0.25) is 4.79 Å². The summed E-state index contributed by atoms with van der Waals surface area (Å²) in [5, 5.41) is 17.4. The molecule has 4 nitrogen and oxygen atoms in total. The summed E-state index contributed by atoms with van der Waals surface area (Å²) < 4.78 is 5.89. The van der Waals surface area contributed by atoms with Crippen molar-refractivity contribution in [2.45, 2.75) is 76.2 Å². The minimum absolute atomic E-state index is 0.00828. The molecule has 0 aliphatic heterocycles. The molecule has 0 saturated heterocycles. The van der Waals surface area contributed by atoms with Gasteiger partial charge >= 0.3 is 5.97 Å². The summed E-state index contributed by atoms with van der Waals surface area (Å²) in [5.74, 6) is 1.24. The number of benzene rings is 1. The van der Waals surface area contributed by atoms with Crippen LogP contribution in [-0.2, 0) is 9.53 Å². The summed E-state index contributed by atoms with van der Waals surface area (Å²) in [4.78, 5) is 12.7. The largest absolute Gasteiger partial charge is 0.462 e. The highest BCUT2D eigenvalue weighted by Gasteiger charge is 2.31. The fourth-order valence-electron chi connectivity index (χ4n) is 4.90. The summed E-state index contributed by atoms with van der Waals surface area (Å²) >= 11 is 0. The number of carbonyl (C=O) groups excluding carboxylic acids is 1. The summed E-state index contributed by atoms with van der Waals surface area (Å²) in [6.45, 7) is 0. The minimum Gasteiger partial charge on any atom is -0.462 e. The first kappa shape index (κ1) is 22.8. The van der Waals surface area contributed by atoms with E-state index in [1.807, 2.05) is 24.3 Å². The lowest BCUT2D eigenvalue weighted by Gasteiger charge is -2.31. The van der Waals surface area contributed by atoms with Crippen LogP contribution in [0.25, 0.3) is 0 Å². The Balaban J connectivity index is 1.34. The highest BCUT2D eigenvalue weighted by Crippen LogP contribution is 2.37. The van der Waals surface area contributed by atoms with Gasteiger partial charge in [0.25, 0.3) is 0 Å². The maximum atomic E-state index is 12.7. The molecule has 0 aromatic heterocycles. The Labute approximate surface area is 186 Å². The first-order valence-electron chi connectivity index (χ1n) is 11.6. The molecule has 0 unspecified atom stereocenters. The fourth-order valence-corrected chi connectivity index (χ4v) is 4.90. The zero-order chi connectivity index (χ0) is 21.9. The SMILES string of the molecule is N#CC=CC=CCC[C@H]1CC[C@H](OC(=O)[C@H]2CC[C@H](c3ccc(C#N)cc3)CC2)CC1. The van der Waals surface area contributed by atoms with E-state index < -0.39 is 0 Å². The Kier molecular flexibility index (Phi) is 8.92. The Morgan fingerprint density at radius 3 is 2.32 bits per heavy atom. The molecule has 0 N–H and O–H groups in total. The number of carbonyl (C=O) groups is 1. The second-order valence-electron chi connectivity index (χ2n) is 8.86. The third-order valence-electron chi connectivity index (χ3n) is 6.81. The molecule has 31 heavy (non-hydrogen) atoms. The van der Waals surface area contributed by atoms with Crippen LogP contribution in [0.15, 0.2) is 48.6 Å². The maximum absolute atomic E-state index is 12.7. The van der Waals surface area contributed by atoms with Crippen LogP contribution in [0.2, 0.25) is 0 Å². The Morgan fingerprint density at radius 1 is 0.968 bits per heavy atom. The monoisotopic (exact) mass is 416 g/mol. The van der Waals surface area contributed by atoms with Crippen molar-refractivity contribution in [1.82, 2.24) is 0 Å². The van der Waals surface area contributed by atoms with Crippen LogP contribution in [0, 0.1) is 34.5 Å². The van der Waals surface area contributed by atoms with Crippen molar-refractivity contribution in [3.63, 3.8) is 0 Å². The molecule has 2 fully saturated rings. The Morgan fingerprint density at radius 2 is 1.68 bits per heavy atom. The average Bonchev–Trinajstić information content (AvgIpc) is 2.82.